The lowest BCUT2D eigenvalue weighted by atomic mass is 10.0. The molecule has 114 valence electrons. The van der Waals surface area contributed by atoms with Crippen molar-refractivity contribution in [2.45, 2.75) is 83.3 Å². The number of hydrogen-bond acceptors (Lipinski definition) is 4. The largest absolute Gasteiger partial charge is 0.462 e. The zero-order chi connectivity index (χ0) is 14.4. The minimum absolute atomic E-state index is 0.0717. The van der Waals surface area contributed by atoms with Gasteiger partial charge in [-0.25, -0.2) is 0 Å². The van der Waals surface area contributed by atoms with E-state index in [1.165, 1.54) is 0 Å². The summed E-state index contributed by atoms with van der Waals surface area (Å²) in [5, 5.41) is 0. The second-order valence-electron chi connectivity index (χ2n) is 6.05. The fourth-order valence-electron chi connectivity index (χ4n) is 3.10. The summed E-state index contributed by atoms with van der Waals surface area (Å²) in [4.78, 5) is 24.0. The smallest absolute Gasteiger partial charge is 0.309 e. The highest BCUT2D eigenvalue weighted by molar-refractivity contribution is 5.80. The highest BCUT2D eigenvalue weighted by Crippen LogP contribution is 2.25. The Balaban J connectivity index is 1.74. The third-order valence-electron chi connectivity index (χ3n) is 4.42. The van der Waals surface area contributed by atoms with Gasteiger partial charge in [0.25, 0.3) is 0 Å². The number of carbonyl (C=O) groups excluding carboxylic acids is 2. The monoisotopic (exact) mass is 282 g/mol. The molecule has 1 unspecified atom stereocenters. The van der Waals surface area contributed by atoms with Crippen molar-refractivity contribution in [2.24, 2.45) is 5.92 Å². The van der Waals surface area contributed by atoms with Crippen molar-refractivity contribution >= 4 is 11.9 Å². The Kier molecular flexibility index (Phi) is 5.86. The van der Waals surface area contributed by atoms with Gasteiger partial charge in [-0.15, -0.1) is 0 Å². The van der Waals surface area contributed by atoms with Crippen LogP contribution in [-0.4, -0.2) is 24.1 Å². The van der Waals surface area contributed by atoms with Crippen molar-refractivity contribution in [2.75, 3.05) is 0 Å². The van der Waals surface area contributed by atoms with Crippen LogP contribution in [0.25, 0.3) is 0 Å². The van der Waals surface area contributed by atoms with Crippen LogP contribution in [0.1, 0.15) is 71.1 Å². The molecule has 2 aliphatic carbocycles. The van der Waals surface area contributed by atoms with Gasteiger partial charge in [-0.05, 0) is 57.8 Å². The predicted molar refractivity (Wildman–Crippen MR) is 75.1 cm³/mol. The fraction of sp³-hybridized carbons (Fsp3) is 0.875. The lowest BCUT2D eigenvalue weighted by Crippen LogP contribution is -2.26. The molecule has 2 saturated carbocycles. The van der Waals surface area contributed by atoms with Gasteiger partial charge in [-0.1, -0.05) is 6.92 Å². The molecule has 0 amide bonds. The zero-order valence-corrected chi connectivity index (χ0v) is 12.4. The van der Waals surface area contributed by atoms with Crippen LogP contribution in [0, 0.1) is 5.92 Å². The first-order valence-corrected chi connectivity index (χ1v) is 8.09. The van der Waals surface area contributed by atoms with Crippen LogP contribution in [0.15, 0.2) is 0 Å². The summed E-state index contributed by atoms with van der Waals surface area (Å²) in [6.45, 7) is 1.92. The summed E-state index contributed by atoms with van der Waals surface area (Å²) in [6.07, 6.45) is 9.36. The Morgan fingerprint density at radius 2 is 1.45 bits per heavy atom. The van der Waals surface area contributed by atoms with Gasteiger partial charge < -0.3 is 9.47 Å². The van der Waals surface area contributed by atoms with Gasteiger partial charge in [0.05, 0.1) is 12.3 Å². The van der Waals surface area contributed by atoms with Crippen molar-refractivity contribution in [3.05, 3.63) is 0 Å². The van der Waals surface area contributed by atoms with Crippen LogP contribution in [0.3, 0.4) is 0 Å². The highest BCUT2D eigenvalue weighted by Gasteiger charge is 2.28. The lowest BCUT2D eigenvalue weighted by Gasteiger charge is -2.18. The van der Waals surface area contributed by atoms with Gasteiger partial charge in [0.1, 0.15) is 12.2 Å². The summed E-state index contributed by atoms with van der Waals surface area (Å²) in [5.74, 6) is -0.806. The molecule has 2 aliphatic rings. The quantitative estimate of drug-likeness (QED) is 0.701. The van der Waals surface area contributed by atoms with Crippen LogP contribution in [0.4, 0.5) is 0 Å². The Bertz CT molecular complexity index is 327. The van der Waals surface area contributed by atoms with E-state index < -0.39 is 0 Å². The zero-order valence-electron chi connectivity index (χ0n) is 12.4. The standard InChI is InChI=1S/C16H26O4/c1-2-12(16(18)20-14-9-5-6-10-14)11-15(17)19-13-7-3-4-8-13/h12-14H,2-11H2,1H3. The molecule has 4 nitrogen and oxygen atoms in total. The van der Waals surface area contributed by atoms with Crippen molar-refractivity contribution in [3.63, 3.8) is 0 Å². The maximum Gasteiger partial charge on any atom is 0.309 e. The van der Waals surface area contributed by atoms with Crippen LogP contribution in [0.2, 0.25) is 0 Å². The van der Waals surface area contributed by atoms with E-state index in [0.717, 1.165) is 51.4 Å². The molecule has 0 aromatic carbocycles. The van der Waals surface area contributed by atoms with E-state index in [0.29, 0.717) is 6.42 Å². The molecule has 0 radical (unpaired) electrons. The maximum atomic E-state index is 12.1. The summed E-state index contributed by atoms with van der Waals surface area (Å²) in [7, 11) is 0. The molecule has 0 bridgehead atoms. The van der Waals surface area contributed by atoms with Gasteiger partial charge >= 0.3 is 11.9 Å². The summed E-state index contributed by atoms with van der Waals surface area (Å²) >= 11 is 0. The van der Waals surface area contributed by atoms with Crippen molar-refractivity contribution in [1.29, 1.82) is 0 Å². The Morgan fingerprint density at radius 3 is 1.95 bits per heavy atom. The number of hydrogen-bond donors (Lipinski definition) is 0. The normalized spacial score (nSPS) is 21.9. The second-order valence-corrected chi connectivity index (χ2v) is 6.05. The van der Waals surface area contributed by atoms with Gasteiger partial charge in [-0.3, -0.25) is 9.59 Å². The minimum Gasteiger partial charge on any atom is -0.462 e. The lowest BCUT2D eigenvalue weighted by molar-refractivity contribution is -0.160. The SMILES string of the molecule is CCC(CC(=O)OC1CCCC1)C(=O)OC1CCCC1. The van der Waals surface area contributed by atoms with Crippen LogP contribution < -0.4 is 0 Å². The van der Waals surface area contributed by atoms with Crippen molar-refractivity contribution in [3.8, 4) is 0 Å². The number of ether oxygens (including phenoxy) is 2. The first-order valence-electron chi connectivity index (χ1n) is 8.09. The number of rotatable bonds is 6. The number of carbonyl (C=O) groups is 2. The van der Waals surface area contributed by atoms with Crippen molar-refractivity contribution in [1.82, 2.24) is 0 Å². The topological polar surface area (TPSA) is 52.6 Å². The molecule has 0 aromatic heterocycles. The molecule has 20 heavy (non-hydrogen) atoms. The summed E-state index contributed by atoms with van der Waals surface area (Å²) < 4.78 is 10.9. The molecule has 4 heteroatoms. The average Bonchev–Trinajstić information content (AvgIpc) is 3.09. The molecule has 0 N–H and O–H groups in total. The first kappa shape index (κ1) is 15.3. The predicted octanol–water partition coefficient (Wildman–Crippen LogP) is 3.37. The van der Waals surface area contributed by atoms with Crippen LogP contribution >= 0.6 is 0 Å². The highest BCUT2D eigenvalue weighted by atomic mass is 16.6. The molecule has 0 aliphatic heterocycles. The van der Waals surface area contributed by atoms with Gasteiger partial charge in [-0.2, -0.15) is 0 Å². The Hall–Kier alpha value is -1.06. The molecular weight excluding hydrogens is 256 g/mol. The van der Waals surface area contributed by atoms with E-state index in [2.05, 4.69) is 0 Å². The van der Waals surface area contributed by atoms with E-state index in [9.17, 15) is 9.59 Å². The Morgan fingerprint density at radius 1 is 0.950 bits per heavy atom. The molecule has 0 heterocycles. The third kappa shape index (κ3) is 4.50. The molecule has 0 spiro atoms. The van der Waals surface area contributed by atoms with E-state index in [4.69, 9.17) is 9.47 Å². The molecule has 0 aromatic rings. The molecule has 2 rings (SSSR count). The fourth-order valence-corrected chi connectivity index (χ4v) is 3.10. The third-order valence-corrected chi connectivity index (χ3v) is 4.42. The molecule has 1 atom stereocenters. The van der Waals surface area contributed by atoms with E-state index in [1.54, 1.807) is 0 Å². The van der Waals surface area contributed by atoms with Crippen molar-refractivity contribution < 1.29 is 19.1 Å². The number of esters is 2. The van der Waals surface area contributed by atoms with E-state index in [1.807, 2.05) is 6.92 Å². The van der Waals surface area contributed by atoms with Gasteiger partial charge in [0.2, 0.25) is 0 Å². The van der Waals surface area contributed by atoms with E-state index in [-0.39, 0.29) is 36.5 Å². The van der Waals surface area contributed by atoms with E-state index >= 15 is 0 Å². The second kappa shape index (κ2) is 7.65. The average molecular weight is 282 g/mol. The summed E-state index contributed by atoms with van der Waals surface area (Å²) in [5.41, 5.74) is 0. The maximum absolute atomic E-state index is 12.1. The minimum atomic E-state index is -0.343. The first-order chi connectivity index (χ1) is 9.69. The summed E-state index contributed by atoms with van der Waals surface area (Å²) in [6, 6.07) is 0. The molecule has 2 fully saturated rings. The molecular formula is C16H26O4. The van der Waals surface area contributed by atoms with Crippen LogP contribution in [-0.2, 0) is 19.1 Å². The van der Waals surface area contributed by atoms with Crippen LogP contribution in [0.5, 0.6) is 0 Å². The van der Waals surface area contributed by atoms with Gasteiger partial charge in [0.15, 0.2) is 0 Å². The van der Waals surface area contributed by atoms with Gasteiger partial charge in [0, 0.05) is 0 Å². The Labute approximate surface area is 121 Å². The molecule has 0 saturated heterocycles.